The number of anilines is 1. The average Bonchev–Trinajstić information content (AvgIpc) is 3.36. The number of ether oxygens (including phenoxy) is 3. The largest absolute Gasteiger partial charge is 0.483 e. The molecule has 0 saturated heterocycles. The Morgan fingerprint density at radius 3 is 2.61 bits per heavy atom. The first-order valence-electron chi connectivity index (χ1n) is 12.9. The Hall–Kier alpha value is -4.49. The minimum atomic E-state index is -0.684. The third kappa shape index (κ3) is 5.58. The smallest absolute Gasteiger partial charge is 0.412 e. The normalized spacial score (nSPS) is 16.4. The van der Waals surface area contributed by atoms with E-state index in [2.05, 4.69) is 30.2 Å². The highest BCUT2D eigenvalue weighted by molar-refractivity contribution is 7.21. The van der Waals surface area contributed by atoms with Crippen molar-refractivity contribution in [3.05, 3.63) is 60.1 Å². The van der Waals surface area contributed by atoms with Gasteiger partial charge in [0.05, 0.1) is 59.2 Å². The summed E-state index contributed by atoms with van der Waals surface area (Å²) in [4.78, 5) is 34.2. The summed E-state index contributed by atoms with van der Waals surface area (Å²) in [6.45, 7) is 1.90. The predicted octanol–water partition coefficient (Wildman–Crippen LogP) is 4.85. The van der Waals surface area contributed by atoms with Crippen LogP contribution in [0.1, 0.15) is 24.2 Å². The fraction of sp³-hybridized carbons (Fsp3) is 0.286. The van der Waals surface area contributed by atoms with Crippen molar-refractivity contribution in [3.8, 4) is 22.2 Å². The molecular weight excluding hydrogens is 551 g/mol. The molecule has 5 aromatic rings. The Labute approximate surface area is 237 Å². The van der Waals surface area contributed by atoms with Crippen LogP contribution in [0.5, 0.6) is 11.6 Å². The van der Waals surface area contributed by atoms with Crippen LogP contribution in [0.4, 0.5) is 14.9 Å². The molecule has 2 aromatic carbocycles. The first-order chi connectivity index (χ1) is 19.9. The summed E-state index contributed by atoms with van der Waals surface area (Å²) in [5.74, 6) is 0.397. The lowest BCUT2D eigenvalue weighted by Gasteiger charge is -2.35. The molecule has 6 rings (SSSR count). The van der Waals surface area contributed by atoms with E-state index in [9.17, 15) is 4.79 Å². The predicted molar refractivity (Wildman–Crippen MR) is 150 cm³/mol. The van der Waals surface area contributed by atoms with Crippen molar-refractivity contribution in [2.45, 2.75) is 38.4 Å². The van der Waals surface area contributed by atoms with Gasteiger partial charge in [-0.3, -0.25) is 5.32 Å². The zero-order chi connectivity index (χ0) is 28.5. The number of amides is 1. The van der Waals surface area contributed by atoms with Crippen LogP contribution in [0, 0.1) is 12.7 Å². The van der Waals surface area contributed by atoms with E-state index in [1.807, 2.05) is 19.1 Å². The topological polar surface area (TPSA) is 141 Å². The Morgan fingerprint density at radius 2 is 1.88 bits per heavy atom. The Kier molecular flexibility index (Phi) is 7.28. The highest BCUT2D eigenvalue weighted by Crippen LogP contribution is 2.38. The lowest BCUT2D eigenvalue weighted by molar-refractivity contribution is -0.0431. The van der Waals surface area contributed by atoms with Gasteiger partial charge in [-0.25, -0.2) is 34.1 Å². The number of aliphatic hydroxyl groups excluding tert-OH is 1. The number of aliphatic hydroxyl groups is 1. The molecule has 3 heterocycles. The van der Waals surface area contributed by atoms with E-state index >= 15 is 4.39 Å². The van der Waals surface area contributed by atoms with Crippen LogP contribution in [0.3, 0.4) is 0 Å². The molecule has 0 aliphatic heterocycles. The van der Waals surface area contributed by atoms with Gasteiger partial charge < -0.3 is 19.3 Å². The first-order valence-corrected chi connectivity index (χ1v) is 13.7. The number of methoxy groups -OCH3 is 1. The van der Waals surface area contributed by atoms with Crippen LogP contribution in [0.15, 0.2) is 42.9 Å². The Balaban J connectivity index is 1.17. The number of benzene rings is 2. The highest BCUT2D eigenvalue weighted by atomic mass is 32.1. The van der Waals surface area contributed by atoms with Gasteiger partial charge in [-0.05, 0) is 37.5 Å². The van der Waals surface area contributed by atoms with E-state index in [4.69, 9.17) is 19.3 Å². The molecule has 3 aromatic heterocycles. The number of thiazole rings is 1. The molecule has 0 radical (unpaired) electrons. The minimum Gasteiger partial charge on any atom is -0.483 e. The van der Waals surface area contributed by atoms with Gasteiger partial charge in [0, 0.05) is 24.1 Å². The number of nitrogens with one attached hydrogen (secondary N) is 1. The van der Waals surface area contributed by atoms with Gasteiger partial charge in [-0.1, -0.05) is 0 Å². The molecule has 0 spiro atoms. The SMILES string of the molecule is COc1cnc2c(-c3nc4cc(F)c(O[C@@H]5CC[C@@H]5OC(=O)Nc5cnc(CCO)nc5)cc4s3)cc(C)cc2n1. The molecule has 1 saturated carbocycles. The summed E-state index contributed by atoms with van der Waals surface area (Å²) in [5, 5.41) is 12.2. The van der Waals surface area contributed by atoms with Crippen molar-refractivity contribution < 1.29 is 28.5 Å². The fourth-order valence-electron chi connectivity index (χ4n) is 4.45. The standard InChI is InChI=1S/C28H25FN6O5S/c1-14-7-16(26-19(8-14)34-25(38-2)13-32-26)27-35-18-9-17(29)22(10-23(18)41-27)39-20-3-4-21(20)40-28(37)33-15-11-30-24(5-6-36)31-12-15/h7-13,20-21,36H,3-6H2,1-2H3,(H,33,37)/t20-,21+/m1/s1. The van der Waals surface area contributed by atoms with Crippen molar-refractivity contribution in [2.24, 2.45) is 0 Å². The van der Waals surface area contributed by atoms with Crippen LogP contribution in [-0.4, -0.2) is 62.0 Å². The second kappa shape index (κ2) is 11.2. The van der Waals surface area contributed by atoms with E-state index in [-0.39, 0.29) is 12.4 Å². The van der Waals surface area contributed by atoms with Gasteiger partial charge in [-0.2, -0.15) is 0 Å². The lowest BCUT2D eigenvalue weighted by Crippen LogP contribution is -2.45. The zero-order valence-electron chi connectivity index (χ0n) is 22.1. The van der Waals surface area contributed by atoms with Gasteiger partial charge in [-0.15, -0.1) is 11.3 Å². The summed E-state index contributed by atoms with van der Waals surface area (Å²) in [6, 6.07) is 6.87. The van der Waals surface area contributed by atoms with Gasteiger partial charge in [0.1, 0.15) is 23.0 Å². The molecule has 210 valence electrons. The molecule has 1 aliphatic rings. The third-order valence-electron chi connectivity index (χ3n) is 6.62. The summed E-state index contributed by atoms with van der Waals surface area (Å²) < 4.78 is 32.4. The molecule has 13 heteroatoms. The number of carbonyl (C=O) groups is 1. The molecule has 2 atom stereocenters. The number of halogens is 1. The summed E-state index contributed by atoms with van der Waals surface area (Å²) >= 11 is 1.40. The molecule has 2 N–H and O–H groups in total. The van der Waals surface area contributed by atoms with Gasteiger partial charge >= 0.3 is 6.09 Å². The van der Waals surface area contributed by atoms with Crippen LogP contribution in [0.2, 0.25) is 0 Å². The van der Waals surface area contributed by atoms with Crippen molar-refractivity contribution >= 4 is 44.4 Å². The number of hydrogen-bond donors (Lipinski definition) is 2. The zero-order valence-corrected chi connectivity index (χ0v) is 22.9. The maximum Gasteiger partial charge on any atom is 0.412 e. The fourth-order valence-corrected chi connectivity index (χ4v) is 5.44. The van der Waals surface area contributed by atoms with Gasteiger partial charge in [0.25, 0.3) is 0 Å². The summed E-state index contributed by atoms with van der Waals surface area (Å²) in [6.07, 6.45) is 4.24. The van der Waals surface area contributed by atoms with E-state index in [0.717, 1.165) is 15.8 Å². The maximum absolute atomic E-state index is 15.1. The number of aromatic nitrogens is 5. The molecular formula is C28H25FN6O5S. The van der Waals surface area contributed by atoms with Crippen LogP contribution in [0.25, 0.3) is 31.8 Å². The van der Waals surface area contributed by atoms with Crippen molar-refractivity contribution in [2.75, 3.05) is 19.0 Å². The monoisotopic (exact) mass is 576 g/mol. The lowest BCUT2D eigenvalue weighted by atomic mass is 9.92. The minimum absolute atomic E-state index is 0.0648. The highest BCUT2D eigenvalue weighted by Gasteiger charge is 2.37. The molecule has 0 unspecified atom stereocenters. The Bertz CT molecular complexity index is 1750. The number of hydrogen-bond acceptors (Lipinski definition) is 11. The van der Waals surface area contributed by atoms with Crippen molar-refractivity contribution in [1.29, 1.82) is 0 Å². The molecule has 11 nitrogen and oxygen atoms in total. The molecule has 1 amide bonds. The Morgan fingerprint density at radius 1 is 1.07 bits per heavy atom. The molecule has 1 fully saturated rings. The van der Waals surface area contributed by atoms with E-state index in [0.29, 0.717) is 58.2 Å². The number of fused-ring (bicyclic) bond motifs is 2. The first kappa shape index (κ1) is 26.7. The second-order valence-corrected chi connectivity index (χ2v) is 10.6. The van der Waals surface area contributed by atoms with Crippen molar-refractivity contribution in [3.63, 3.8) is 0 Å². The molecule has 1 aliphatic carbocycles. The van der Waals surface area contributed by atoms with E-state index in [1.54, 1.807) is 12.3 Å². The maximum atomic E-state index is 15.1. The van der Waals surface area contributed by atoms with Crippen LogP contribution >= 0.6 is 11.3 Å². The molecule has 0 bridgehead atoms. The number of nitrogens with zero attached hydrogens (tertiary/aromatic N) is 5. The second-order valence-electron chi connectivity index (χ2n) is 9.53. The third-order valence-corrected chi connectivity index (χ3v) is 7.68. The summed E-state index contributed by atoms with van der Waals surface area (Å²) in [7, 11) is 1.54. The van der Waals surface area contributed by atoms with E-state index in [1.165, 1.54) is 36.9 Å². The number of carbonyl (C=O) groups excluding carboxylic acids is 1. The van der Waals surface area contributed by atoms with Gasteiger partial charge in [0.2, 0.25) is 5.88 Å². The number of aryl methyl sites for hydroxylation is 1. The average molecular weight is 577 g/mol. The summed E-state index contributed by atoms with van der Waals surface area (Å²) in [5.41, 5.74) is 3.99. The van der Waals surface area contributed by atoms with Crippen LogP contribution < -0.4 is 14.8 Å². The quantitative estimate of drug-likeness (QED) is 0.263. The van der Waals surface area contributed by atoms with Crippen molar-refractivity contribution in [1.82, 2.24) is 24.9 Å². The van der Waals surface area contributed by atoms with E-state index < -0.39 is 24.1 Å². The van der Waals surface area contributed by atoms with Gasteiger partial charge in [0.15, 0.2) is 11.6 Å². The van der Waals surface area contributed by atoms with Crippen LogP contribution in [-0.2, 0) is 11.2 Å². The molecule has 41 heavy (non-hydrogen) atoms. The number of rotatable bonds is 8.